The number of hydrogen-bond donors (Lipinski definition) is 2. The van der Waals surface area contributed by atoms with Crippen LogP contribution in [0.15, 0.2) is 35.7 Å². The maximum absolute atomic E-state index is 12.2. The summed E-state index contributed by atoms with van der Waals surface area (Å²) in [5.74, 6) is 0.443. The van der Waals surface area contributed by atoms with Crippen LogP contribution in [0.1, 0.15) is 28.2 Å². The average Bonchev–Trinajstić information content (AvgIpc) is 2.87. The number of hydrogen-bond acceptors (Lipinski definition) is 4. The van der Waals surface area contributed by atoms with Gasteiger partial charge < -0.3 is 15.8 Å². The average molecular weight is 276 g/mol. The third-order valence-electron chi connectivity index (χ3n) is 2.87. The summed E-state index contributed by atoms with van der Waals surface area (Å²) in [5.41, 5.74) is 7.48. The SMILES string of the molecule is COc1ccsc1C(=O)NC(C)c1ccccc1N. The number of rotatable bonds is 4. The zero-order valence-electron chi connectivity index (χ0n) is 10.8. The highest BCUT2D eigenvalue weighted by Crippen LogP contribution is 2.26. The molecule has 1 unspecified atom stereocenters. The number of anilines is 1. The smallest absolute Gasteiger partial charge is 0.265 e. The molecule has 0 spiro atoms. The first-order valence-corrected chi connectivity index (χ1v) is 6.78. The Hall–Kier alpha value is -2.01. The minimum Gasteiger partial charge on any atom is -0.495 e. The first-order chi connectivity index (χ1) is 9.13. The number of methoxy groups -OCH3 is 1. The van der Waals surface area contributed by atoms with E-state index in [-0.39, 0.29) is 11.9 Å². The van der Waals surface area contributed by atoms with Gasteiger partial charge in [0.05, 0.1) is 13.2 Å². The lowest BCUT2D eigenvalue weighted by Crippen LogP contribution is -2.26. The fourth-order valence-corrected chi connectivity index (χ4v) is 2.63. The molecule has 2 aromatic rings. The number of carbonyl (C=O) groups is 1. The van der Waals surface area contributed by atoms with E-state index in [9.17, 15) is 4.79 Å². The van der Waals surface area contributed by atoms with Crippen molar-refractivity contribution in [3.8, 4) is 5.75 Å². The molecule has 1 amide bonds. The Kier molecular flexibility index (Phi) is 4.06. The predicted molar refractivity (Wildman–Crippen MR) is 77.6 cm³/mol. The first kappa shape index (κ1) is 13.4. The number of amides is 1. The van der Waals surface area contributed by atoms with E-state index >= 15 is 0 Å². The summed E-state index contributed by atoms with van der Waals surface area (Å²) in [6, 6.07) is 9.13. The maximum Gasteiger partial charge on any atom is 0.265 e. The molecular weight excluding hydrogens is 260 g/mol. The second-order valence-corrected chi connectivity index (χ2v) is 5.06. The molecule has 5 heteroatoms. The van der Waals surface area contributed by atoms with E-state index in [4.69, 9.17) is 10.5 Å². The highest BCUT2D eigenvalue weighted by molar-refractivity contribution is 7.12. The van der Waals surface area contributed by atoms with Gasteiger partial charge in [-0.05, 0) is 30.0 Å². The highest BCUT2D eigenvalue weighted by Gasteiger charge is 2.17. The zero-order chi connectivity index (χ0) is 13.8. The van der Waals surface area contributed by atoms with Crippen molar-refractivity contribution >= 4 is 22.9 Å². The van der Waals surface area contributed by atoms with E-state index in [0.717, 1.165) is 5.56 Å². The Labute approximate surface area is 116 Å². The molecule has 0 aliphatic rings. The van der Waals surface area contributed by atoms with Crippen LogP contribution in [-0.2, 0) is 0 Å². The van der Waals surface area contributed by atoms with Crippen molar-refractivity contribution in [2.45, 2.75) is 13.0 Å². The van der Waals surface area contributed by atoms with Crippen LogP contribution in [0.2, 0.25) is 0 Å². The number of para-hydroxylation sites is 1. The molecule has 1 atom stereocenters. The van der Waals surface area contributed by atoms with Crippen LogP contribution in [0.3, 0.4) is 0 Å². The number of carbonyl (C=O) groups excluding carboxylic acids is 1. The van der Waals surface area contributed by atoms with Gasteiger partial charge in [0.25, 0.3) is 5.91 Å². The number of benzene rings is 1. The van der Waals surface area contributed by atoms with Crippen LogP contribution in [-0.4, -0.2) is 13.0 Å². The Morgan fingerprint density at radius 2 is 2.11 bits per heavy atom. The lowest BCUT2D eigenvalue weighted by molar-refractivity contribution is 0.0941. The minimum absolute atomic E-state index is 0.150. The van der Waals surface area contributed by atoms with Gasteiger partial charge >= 0.3 is 0 Å². The molecular formula is C14H16N2O2S. The molecule has 4 nitrogen and oxygen atoms in total. The molecule has 0 aliphatic carbocycles. The van der Waals surface area contributed by atoms with Gasteiger partial charge in [0.1, 0.15) is 10.6 Å². The molecule has 0 saturated heterocycles. The van der Waals surface area contributed by atoms with Crippen molar-refractivity contribution in [3.05, 3.63) is 46.2 Å². The third kappa shape index (κ3) is 2.88. The number of nitrogens with one attached hydrogen (secondary N) is 1. The summed E-state index contributed by atoms with van der Waals surface area (Å²) < 4.78 is 5.14. The number of ether oxygens (including phenoxy) is 1. The van der Waals surface area contributed by atoms with Crippen LogP contribution in [0.5, 0.6) is 5.75 Å². The quantitative estimate of drug-likeness (QED) is 0.844. The maximum atomic E-state index is 12.2. The van der Waals surface area contributed by atoms with Crippen LogP contribution >= 0.6 is 11.3 Å². The van der Waals surface area contributed by atoms with E-state index < -0.39 is 0 Å². The predicted octanol–water partition coefficient (Wildman–Crippen LogP) is 2.83. The fourth-order valence-electron chi connectivity index (χ4n) is 1.87. The van der Waals surface area contributed by atoms with Crippen molar-refractivity contribution in [1.82, 2.24) is 5.32 Å². The van der Waals surface area contributed by atoms with E-state index in [1.165, 1.54) is 11.3 Å². The summed E-state index contributed by atoms with van der Waals surface area (Å²) in [4.78, 5) is 12.7. The van der Waals surface area contributed by atoms with Gasteiger partial charge in [-0.3, -0.25) is 4.79 Å². The van der Waals surface area contributed by atoms with Gasteiger partial charge in [0.2, 0.25) is 0 Å². The number of nitrogen functional groups attached to an aromatic ring is 1. The molecule has 2 rings (SSSR count). The van der Waals surface area contributed by atoms with Gasteiger partial charge in [-0.2, -0.15) is 0 Å². The first-order valence-electron chi connectivity index (χ1n) is 5.90. The van der Waals surface area contributed by atoms with Gasteiger partial charge in [0.15, 0.2) is 0 Å². The van der Waals surface area contributed by atoms with Gasteiger partial charge in [-0.25, -0.2) is 0 Å². The summed E-state index contributed by atoms with van der Waals surface area (Å²) in [6.07, 6.45) is 0. The molecule has 100 valence electrons. The van der Waals surface area contributed by atoms with Crippen molar-refractivity contribution in [2.24, 2.45) is 0 Å². The van der Waals surface area contributed by atoms with Crippen molar-refractivity contribution in [3.63, 3.8) is 0 Å². The summed E-state index contributed by atoms with van der Waals surface area (Å²) >= 11 is 1.36. The van der Waals surface area contributed by atoms with Crippen LogP contribution < -0.4 is 15.8 Å². The monoisotopic (exact) mass is 276 g/mol. The second kappa shape index (κ2) is 5.75. The van der Waals surface area contributed by atoms with E-state index in [0.29, 0.717) is 16.3 Å². The second-order valence-electron chi connectivity index (χ2n) is 4.14. The molecule has 1 aromatic heterocycles. The highest BCUT2D eigenvalue weighted by atomic mass is 32.1. The molecule has 3 N–H and O–H groups in total. The summed E-state index contributed by atoms with van der Waals surface area (Å²) in [6.45, 7) is 1.91. The Balaban J connectivity index is 2.13. The van der Waals surface area contributed by atoms with E-state index in [2.05, 4.69) is 5.32 Å². The fraction of sp³-hybridized carbons (Fsp3) is 0.214. The Bertz CT molecular complexity index is 580. The largest absolute Gasteiger partial charge is 0.495 e. The lowest BCUT2D eigenvalue weighted by atomic mass is 10.1. The van der Waals surface area contributed by atoms with Crippen molar-refractivity contribution < 1.29 is 9.53 Å². The third-order valence-corrected chi connectivity index (χ3v) is 3.76. The van der Waals surface area contributed by atoms with Crippen molar-refractivity contribution in [1.29, 1.82) is 0 Å². The molecule has 0 fully saturated rings. The molecule has 1 heterocycles. The van der Waals surface area contributed by atoms with E-state index in [1.807, 2.05) is 36.6 Å². The number of thiophene rings is 1. The summed E-state index contributed by atoms with van der Waals surface area (Å²) in [5, 5.41) is 4.75. The van der Waals surface area contributed by atoms with Gasteiger partial charge in [-0.15, -0.1) is 11.3 Å². The zero-order valence-corrected chi connectivity index (χ0v) is 11.7. The van der Waals surface area contributed by atoms with Gasteiger partial charge in [-0.1, -0.05) is 18.2 Å². The Morgan fingerprint density at radius 1 is 1.37 bits per heavy atom. The lowest BCUT2D eigenvalue weighted by Gasteiger charge is -2.16. The topological polar surface area (TPSA) is 64.3 Å². The Morgan fingerprint density at radius 3 is 2.79 bits per heavy atom. The molecule has 0 radical (unpaired) electrons. The van der Waals surface area contributed by atoms with Crippen LogP contribution in [0.4, 0.5) is 5.69 Å². The van der Waals surface area contributed by atoms with Crippen LogP contribution in [0.25, 0.3) is 0 Å². The summed E-state index contributed by atoms with van der Waals surface area (Å²) in [7, 11) is 1.55. The normalized spacial score (nSPS) is 11.9. The van der Waals surface area contributed by atoms with Gasteiger partial charge in [0, 0.05) is 5.69 Å². The molecule has 0 saturated carbocycles. The molecule has 0 bridgehead atoms. The minimum atomic E-state index is -0.152. The molecule has 0 aliphatic heterocycles. The standard InChI is InChI=1S/C14H16N2O2S/c1-9(10-5-3-4-6-11(10)15)16-14(17)13-12(18-2)7-8-19-13/h3-9H,15H2,1-2H3,(H,16,17). The van der Waals surface area contributed by atoms with Crippen molar-refractivity contribution in [2.75, 3.05) is 12.8 Å². The van der Waals surface area contributed by atoms with E-state index in [1.54, 1.807) is 13.2 Å². The number of nitrogens with two attached hydrogens (primary N) is 1. The molecule has 1 aromatic carbocycles. The van der Waals surface area contributed by atoms with Crippen LogP contribution in [0, 0.1) is 0 Å². The molecule has 19 heavy (non-hydrogen) atoms.